The van der Waals surface area contributed by atoms with Gasteiger partial charge in [-0.25, -0.2) is 0 Å². The van der Waals surface area contributed by atoms with E-state index in [9.17, 15) is 4.79 Å². The lowest BCUT2D eigenvalue weighted by atomic mass is 9.79. The average molecular weight is 238 g/mol. The van der Waals surface area contributed by atoms with Gasteiger partial charge in [-0.15, -0.1) is 0 Å². The van der Waals surface area contributed by atoms with Crippen LogP contribution in [0.2, 0.25) is 0 Å². The molecule has 1 rings (SSSR count). The first-order valence-electron chi connectivity index (χ1n) is 5.19. The van der Waals surface area contributed by atoms with Crippen molar-refractivity contribution in [2.45, 2.75) is 20.0 Å². The van der Waals surface area contributed by atoms with Crippen molar-refractivity contribution in [1.82, 2.24) is 0 Å². The van der Waals surface area contributed by atoms with E-state index < -0.39 is 7.12 Å². The van der Waals surface area contributed by atoms with Gasteiger partial charge in [0.2, 0.25) is 0 Å². The van der Waals surface area contributed by atoms with Gasteiger partial charge in [-0.3, -0.25) is 4.79 Å². The zero-order chi connectivity index (χ0) is 13.0. The summed E-state index contributed by atoms with van der Waals surface area (Å²) < 4.78 is 10.5. The smallest absolute Gasteiger partial charge is 0.488 e. The topological polar surface area (TPSA) is 76.0 Å². The highest BCUT2D eigenvalue weighted by Gasteiger charge is 2.19. The Morgan fingerprint density at radius 3 is 2.41 bits per heavy atom. The third-order valence-corrected chi connectivity index (χ3v) is 2.10. The quantitative estimate of drug-likeness (QED) is 0.556. The number of methoxy groups -OCH3 is 1. The van der Waals surface area contributed by atoms with Crippen LogP contribution >= 0.6 is 0 Å². The Balaban J connectivity index is 3.30. The van der Waals surface area contributed by atoms with Crippen molar-refractivity contribution in [2.24, 2.45) is 0 Å². The molecule has 0 fully saturated rings. The van der Waals surface area contributed by atoms with Crippen LogP contribution in [-0.4, -0.2) is 36.7 Å². The lowest BCUT2D eigenvalue weighted by Gasteiger charge is -2.16. The maximum atomic E-state index is 11.0. The van der Waals surface area contributed by atoms with Crippen molar-refractivity contribution in [3.63, 3.8) is 0 Å². The molecule has 1 aromatic carbocycles. The molecule has 0 saturated heterocycles. The predicted octanol–water partition coefficient (Wildman–Crippen LogP) is -0.0253. The Labute approximate surface area is 100 Å². The van der Waals surface area contributed by atoms with Crippen molar-refractivity contribution in [1.29, 1.82) is 0 Å². The van der Waals surface area contributed by atoms with Gasteiger partial charge in [0.25, 0.3) is 0 Å². The molecule has 0 aliphatic heterocycles. The van der Waals surface area contributed by atoms with Crippen molar-refractivity contribution in [3.8, 4) is 11.5 Å². The number of ether oxygens (including phenoxy) is 2. The van der Waals surface area contributed by atoms with E-state index in [4.69, 9.17) is 19.5 Å². The Bertz CT molecular complexity index is 403. The van der Waals surface area contributed by atoms with Gasteiger partial charge in [0.1, 0.15) is 0 Å². The molecule has 0 atom stereocenters. The van der Waals surface area contributed by atoms with Crippen molar-refractivity contribution in [3.05, 3.63) is 17.7 Å². The zero-order valence-electron chi connectivity index (χ0n) is 10.0. The molecule has 0 unspecified atom stereocenters. The van der Waals surface area contributed by atoms with Gasteiger partial charge in [0.15, 0.2) is 17.8 Å². The first kappa shape index (κ1) is 13.5. The molecule has 6 heteroatoms. The molecule has 0 aromatic heterocycles. The Morgan fingerprint density at radius 1 is 1.35 bits per heavy atom. The van der Waals surface area contributed by atoms with Crippen LogP contribution in [0.4, 0.5) is 0 Å². The maximum absolute atomic E-state index is 11.0. The number of hydrogen-bond donors (Lipinski definition) is 2. The summed E-state index contributed by atoms with van der Waals surface area (Å²) in [7, 11) is -0.235. The van der Waals surface area contributed by atoms with E-state index in [1.54, 1.807) is 0 Å². The fourth-order valence-corrected chi connectivity index (χ4v) is 1.40. The highest BCUT2D eigenvalue weighted by atomic mass is 16.5. The Hall–Kier alpha value is -1.53. The second-order valence-electron chi connectivity index (χ2n) is 3.80. The summed E-state index contributed by atoms with van der Waals surface area (Å²) in [6, 6.07) is 2.78. The van der Waals surface area contributed by atoms with E-state index in [0.717, 1.165) is 0 Å². The summed E-state index contributed by atoms with van der Waals surface area (Å²) in [6.45, 7) is 3.64. The van der Waals surface area contributed by atoms with Crippen LogP contribution < -0.4 is 14.9 Å². The second kappa shape index (κ2) is 5.70. The highest BCUT2D eigenvalue weighted by Crippen LogP contribution is 2.30. The fourth-order valence-electron chi connectivity index (χ4n) is 1.40. The third-order valence-electron chi connectivity index (χ3n) is 2.10. The summed E-state index contributed by atoms with van der Waals surface area (Å²) >= 11 is 0. The highest BCUT2D eigenvalue weighted by molar-refractivity contribution is 6.58. The molecule has 0 aliphatic rings. The number of aldehydes is 1. The van der Waals surface area contributed by atoms with Crippen LogP contribution in [0.25, 0.3) is 0 Å². The summed E-state index contributed by atoms with van der Waals surface area (Å²) in [5.74, 6) is 0.605. The minimum Gasteiger partial charge on any atom is -0.493 e. The van der Waals surface area contributed by atoms with Gasteiger partial charge in [0.05, 0.1) is 18.8 Å². The van der Waals surface area contributed by atoms with Crippen LogP contribution in [0.3, 0.4) is 0 Å². The lowest BCUT2D eigenvalue weighted by molar-refractivity contribution is 0.111. The number of carbonyl (C=O) groups is 1. The average Bonchev–Trinajstić information content (AvgIpc) is 2.28. The van der Waals surface area contributed by atoms with Crippen molar-refractivity contribution in [2.75, 3.05) is 7.11 Å². The fraction of sp³-hybridized carbons (Fsp3) is 0.364. The van der Waals surface area contributed by atoms with Crippen LogP contribution in [0.5, 0.6) is 11.5 Å². The molecule has 0 aliphatic carbocycles. The summed E-state index contributed by atoms with van der Waals surface area (Å²) in [5.41, 5.74) is 0.404. The number of rotatable bonds is 5. The van der Waals surface area contributed by atoms with Crippen LogP contribution in [0.15, 0.2) is 12.1 Å². The molecule has 0 radical (unpaired) electrons. The molecule has 92 valence electrons. The largest absolute Gasteiger partial charge is 0.493 e. The van der Waals surface area contributed by atoms with E-state index in [-0.39, 0.29) is 17.1 Å². The molecular weight excluding hydrogens is 223 g/mol. The summed E-state index contributed by atoms with van der Waals surface area (Å²) in [6.07, 6.45) is 0.471. The van der Waals surface area contributed by atoms with E-state index in [1.165, 1.54) is 19.2 Å². The second-order valence-corrected chi connectivity index (χ2v) is 3.80. The molecule has 0 amide bonds. The Morgan fingerprint density at radius 2 is 2.00 bits per heavy atom. The Kier molecular flexibility index (Phi) is 4.54. The number of carbonyl (C=O) groups excluding carboxylic acids is 1. The normalized spacial score (nSPS) is 10.2. The molecule has 0 heterocycles. The summed E-state index contributed by atoms with van der Waals surface area (Å²) in [4.78, 5) is 11.0. The molecule has 0 spiro atoms. The predicted molar refractivity (Wildman–Crippen MR) is 64.0 cm³/mol. The van der Waals surface area contributed by atoms with Crippen LogP contribution in [-0.2, 0) is 0 Å². The van der Waals surface area contributed by atoms with Gasteiger partial charge in [-0.2, -0.15) is 0 Å². The molecule has 0 bridgehead atoms. The lowest BCUT2D eigenvalue weighted by Crippen LogP contribution is -2.30. The maximum Gasteiger partial charge on any atom is 0.488 e. The first-order valence-corrected chi connectivity index (χ1v) is 5.19. The molecule has 5 nitrogen and oxygen atoms in total. The minimum atomic E-state index is -1.66. The van der Waals surface area contributed by atoms with Crippen LogP contribution in [0.1, 0.15) is 24.2 Å². The SMILES string of the molecule is COc1cc(B(O)O)cc(C=O)c1OC(C)C. The van der Waals surface area contributed by atoms with Crippen molar-refractivity contribution >= 4 is 18.9 Å². The minimum absolute atomic E-state index is 0.118. The van der Waals surface area contributed by atoms with Gasteiger partial charge in [0, 0.05) is 0 Å². The van der Waals surface area contributed by atoms with E-state index in [2.05, 4.69) is 0 Å². The van der Waals surface area contributed by atoms with E-state index in [1.807, 2.05) is 13.8 Å². The van der Waals surface area contributed by atoms with E-state index in [0.29, 0.717) is 17.8 Å². The first-order chi connectivity index (χ1) is 7.99. The molecule has 1 aromatic rings. The molecule has 2 N–H and O–H groups in total. The monoisotopic (exact) mass is 238 g/mol. The number of hydrogen-bond acceptors (Lipinski definition) is 5. The van der Waals surface area contributed by atoms with Crippen molar-refractivity contribution < 1.29 is 24.3 Å². The van der Waals surface area contributed by atoms with Gasteiger partial charge >= 0.3 is 7.12 Å². The van der Waals surface area contributed by atoms with E-state index >= 15 is 0 Å². The summed E-state index contributed by atoms with van der Waals surface area (Å²) in [5, 5.41) is 18.2. The van der Waals surface area contributed by atoms with Gasteiger partial charge in [-0.1, -0.05) is 0 Å². The zero-order valence-corrected chi connectivity index (χ0v) is 10.0. The standard InChI is InChI=1S/C11H15BO5/c1-7(2)17-11-8(6-13)4-9(12(14)15)5-10(11)16-3/h4-7,14-15H,1-3H3. The van der Waals surface area contributed by atoms with Crippen LogP contribution in [0, 0.1) is 0 Å². The van der Waals surface area contributed by atoms with Gasteiger partial charge < -0.3 is 19.5 Å². The molecule has 17 heavy (non-hydrogen) atoms. The third kappa shape index (κ3) is 3.21. The molecule has 0 saturated carbocycles. The molecular formula is C11H15BO5. The van der Waals surface area contributed by atoms with Gasteiger partial charge in [-0.05, 0) is 31.4 Å². The number of benzene rings is 1.